The normalized spacial score (nSPS) is 13.2. The monoisotopic (exact) mass is 304 g/mol. The molecule has 0 radical (unpaired) electrons. The SMILES string of the molecule is COc1ccccc1P(=O)(CN(C)N=O)c1ccccc1. The number of hydrogen-bond acceptors (Lipinski definition) is 4. The topological polar surface area (TPSA) is 59.0 Å². The third-order valence-corrected chi connectivity index (χ3v) is 6.28. The van der Waals surface area contributed by atoms with E-state index < -0.39 is 7.14 Å². The summed E-state index contributed by atoms with van der Waals surface area (Å²) in [6.45, 7) is 0. The van der Waals surface area contributed by atoms with Gasteiger partial charge in [0, 0.05) is 12.4 Å². The largest absolute Gasteiger partial charge is 0.496 e. The Labute approximate surface area is 123 Å². The number of nitrogens with zero attached hydrogens (tertiary/aromatic N) is 2. The summed E-state index contributed by atoms with van der Waals surface area (Å²) in [7, 11) is 0.00577. The van der Waals surface area contributed by atoms with Crippen LogP contribution < -0.4 is 15.3 Å². The summed E-state index contributed by atoms with van der Waals surface area (Å²) >= 11 is 0. The molecule has 0 amide bonds. The fraction of sp³-hybridized carbons (Fsp3) is 0.200. The molecule has 0 bridgehead atoms. The van der Waals surface area contributed by atoms with Crippen LogP contribution in [0.1, 0.15) is 0 Å². The summed E-state index contributed by atoms with van der Waals surface area (Å²) in [6.07, 6.45) is 0.0287. The Balaban J connectivity index is 2.61. The predicted molar refractivity (Wildman–Crippen MR) is 84.7 cm³/mol. The van der Waals surface area contributed by atoms with Crippen molar-refractivity contribution in [2.24, 2.45) is 5.29 Å². The molecule has 21 heavy (non-hydrogen) atoms. The molecule has 5 nitrogen and oxygen atoms in total. The van der Waals surface area contributed by atoms with Crippen LogP contribution in [0.25, 0.3) is 0 Å². The molecule has 6 heteroatoms. The van der Waals surface area contributed by atoms with Crippen molar-refractivity contribution in [1.82, 2.24) is 5.01 Å². The zero-order valence-corrected chi connectivity index (χ0v) is 12.9. The lowest BCUT2D eigenvalue weighted by Crippen LogP contribution is -2.26. The van der Waals surface area contributed by atoms with Crippen LogP contribution in [-0.2, 0) is 4.57 Å². The molecule has 0 aliphatic heterocycles. The second-order valence-electron chi connectivity index (χ2n) is 4.63. The van der Waals surface area contributed by atoms with Crippen molar-refractivity contribution in [1.29, 1.82) is 0 Å². The standard InChI is InChI=1S/C15H17N2O3P/c1-17(16-18)12-21(19,13-8-4-3-5-9-13)15-11-7-6-10-14(15)20-2/h3-11H,12H2,1-2H3. The first-order valence-corrected chi connectivity index (χ1v) is 8.33. The molecule has 0 aliphatic carbocycles. The Bertz CT molecular complexity index is 661. The molecular formula is C15H17N2O3P. The number of para-hydroxylation sites is 1. The minimum atomic E-state index is -3.04. The first kappa shape index (κ1) is 15.3. The highest BCUT2D eigenvalue weighted by molar-refractivity contribution is 7.78. The van der Waals surface area contributed by atoms with Gasteiger partial charge in [0.1, 0.15) is 12.0 Å². The van der Waals surface area contributed by atoms with Gasteiger partial charge in [-0.15, -0.1) is 4.91 Å². The smallest absolute Gasteiger partial charge is 0.166 e. The van der Waals surface area contributed by atoms with Gasteiger partial charge < -0.3 is 9.30 Å². The summed E-state index contributed by atoms with van der Waals surface area (Å²) < 4.78 is 19.0. The highest BCUT2D eigenvalue weighted by Crippen LogP contribution is 2.46. The van der Waals surface area contributed by atoms with Crippen LogP contribution in [0.4, 0.5) is 0 Å². The number of nitroso groups, excluding NO2 is 1. The van der Waals surface area contributed by atoms with Crippen LogP contribution in [0.5, 0.6) is 5.75 Å². The van der Waals surface area contributed by atoms with Crippen molar-refractivity contribution < 1.29 is 9.30 Å². The van der Waals surface area contributed by atoms with Gasteiger partial charge in [0.25, 0.3) is 0 Å². The third kappa shape index (κ3) is 3.14. The van der Waals surface area contributed by atoms with Gasteiger partial charge in [0.05, 0.1) is 17.7 Å². The van der Waals surface area contributed by atoms with Crippen molar-refractivity contribution in [3.63, 3.8) is 0 Å². The lowest BCUT2D eigenvalue weighted by Gasteiger charge is -2.23. The van der Waals surface area contributed by atoms with Gasteiger partial charge in [0.2, 0.25) is 0 Å². The van der Waals surface area contributed by atoms with Gasteiger partial charge in [-0.25, -0.2) is 0 Å². The van der Waals surface area contributed by atoms with Crippen LogP contribution in [0.2, 0.25) is 0 Å². The molecule has 0 heterocycles. The molecule has 2 aromatic carbocycles. The molecule has 0 aliphatic rings. The van der Waals surface area contributed by atoms with E-state index in [1.54, 1.807) is 24.3 Å². The summed E-state index contributed by atoms with van der Waals surface area (Å²) in [6, 6.07) is 16.3. The van der Waals surface area contributed by atoms with Crippen LogP contribution >= 0.6 is 7.14 Å². The van der Waals surface area contributed by atoms with Crippen LogP contribution in [-0.4, -0.2) is 25.5 Å². The summed E-state index contributed by atoms with van der Waals surface area (Å²) in [5.41, 5.74) is 0. The molecule has 0 saturated carbocycles. The van der Waals surface area contributed by atoms with E-state index in [1.165, 1.54) is 14.2 Å². The van der Waals surface area contributed by atoms with E-state index in [0.29, 0.717) is 16.4 Å². The second kappa shape index (κ2) is 6.55. The minimum Gasteiger partial charge on any atom is -0.496 e. The number of rotatable bonds is 6. The van der Waals surface area contributed by atoms with Crippen LogP contribution in [0, 0.1) is 4.91 Å². The van der Waals surface area contributed by atoms with Crippen molar-refractivity contribution in [2.45, 2.75) is 0 Å². The van der Waals surface area contributed by atoms with E-state index in [2.05, 4.69) is 5.29 Å². The first-order chi connectivity index (χ1) is 10.1. The Morgan fingerprint density at radius 1 is 1.10 bits per heavy atom. The summed E-state index contributed by atoms with van der Waals surface area (Å²) in [4.78, 5) is 10.7. The molecule has 0 fully saturated rings. The molecule has 0 spiro atoms. The van der Waals surface area contributed by atoms with Gasteiger partial charge in [-0.3, -0.25) is 5.01 Å². The third-order valence-electron chi connectivity index (χ3n) is 3.19. The van der Waals surface area contributed by atoms with Gasteiger partial charge >= 0.3 is 0 Å². The number of ether oxygens (including phenoxy) is 1. The van der Waals surface area contributed by atoms with Crippen LogP contribution in [0.15, 0.2) is 59.9 Å². The molecule has 1 atom stereocenters. The van der Waals surface area contributed by atoms with E-state index in [1.807, 2.05) is 30.3 Å². The second-order valence-corrected chi connectivity index (χ2v) is 7.39. The zero-order valence-electron chi connectivity index (χ0n) is 12.0. The molecule has 110 valence electrons. The van der Waals surface area contributed by atoms with E-state index in [-0.39, 0.29) is 6.29 Å². The minimum absolute atomic E-state index is 0.0287. The van der Waals surface area contributed by atoms with Gasteiger partial charge in [-0.2, -0.15) is 0 Å². The highest BCUT2D eigenvalue weighted by Gasteiger charge is 2.31. The maximum atomic E-state index is 13.6. The van der Waals surface area contributed by atoms with Gasteiger partial charge in [-0.1, -0.05) is 42.5 Å². The molecule has 0 N–H and O–H groups in total. The van der Waals surface area contributed by atoms with E-state index in [0.717, 1.165) is 5.01 Å². The average Bonchev–Trinajstić information content (AvgIpc) is 2.55. The van der Waals surface area contributed by atoms with Crippen molar-refractivity contribution in [3.05, 3.63) is 59.5 Å². The summed E-state index contributed by atoms with van der Waals surface area (Å²) in [5.74, 6) is 0.545. The van der Waals surface area contributed by atoms with Crippen molar-refractivity contribution in [2.75, 3.05) is 20.4 Å². The van der Waals surface area contributed by atoms with Crippen molar-refractivity contribution in [3.8, 4) is 5.75 Å². The molecule has 1 unspecified atom stereocenters. The lowest BCUT2D eigenvalue weighted by atomic mass is 10.3. The van der Waals surface area contributed by atoms with Crippen LogP contribution in [0.3, 0.4) is 0 Å². The zero-order chi connectivity index (χ0) is 15.3. The highest BCUT2D eigenvalue weighted by atomic mass is 31.2. The Morgan fingerprint density at radius 3 is 2.33 bits per heavy atom. The lowest BCUT2D eigenvalue weighted by molar-refractivity contribution is 0.400. The first-order valence-electron chi connectivity index (χ1n) is 6.44. The van der Waals surface area contributed by atoms with Crippen molar-refractivity contribution >= 4 is 17.8 Å². The fourth-order valence-electron chi connectivity index (χ4n) is 2.21. The Kier molecular flexibility index (Phi) is 4.76. The number of methoxy groups -OCH3 is 1. The summed E-state index contributed by atoms with van der Waals surface area (Å²) in [5, 5.41) is 5.27. The molecule has 2 rings (SSSR count). The predicted octanol–water partition coefficient (Wildman–Crippen LogP) is 2.58. The molecule has 0 saturated heterocycles. The maximum Gasteiger partial charge on any atom is 0.166 e. The Hall–Kier alpha value is -2.13. The Morgan fingerprint density at radius 2 is 1.71 bits per heavy atom. The van der Waals surface area contributed by atoms with Gasteiger partial charge in [0.15, 0.2) is 7.14 Å². The van der Waals surface area contributed by atoms with Gasteiger partial charge in [-0.05, 0) is 12.1 Å². The number of benzene rings is 2. The van der Waals surface area contributed by atoms with E-state index in [9.17, 15) is 9.47 Å². The number of hydrogen-bond donors (Lipinski definition) is 0. The van der Waals surface area contributed by atoms with E-state index in [4.69, 9.17) is 4.74 Å². The molecule has 2 aromatic rings. The maximum absolute atomic E-state index is 13.6. The fourth-order valence-corrected chi connectivity index (χ4v) is 4.93. The quantitative estimate of drug-likeness (QED) is 0.467. The van der Waals surface area contributed by atoms with E-state index >= 15 is 0 Å². The molecular weight excluding hydrogens is 287 g/mol. The molecule has 0 aromatic heterocycles. The average molecular weight is 304 g/mol.